The highest BCUT2D eigenvalue weighted by Crippen LogP contribution is 2.30. The Morgan fingerprint density at radius 2 is 1.27 bits per heavy atom. The summed E-state index contributed by atoms with van der Waals surface area (Å²) in [5.41, 5.74) is 3.31. The van der Waals surface area contributed by atoms with Gasteiger partial charge in [-0.15, -0.1) is 0 Å². The van der Waals surface area contributed by atoms with E-state index in [2.05, 4.69) is 55.4 Å². The molecule has 0 aliphatic carbocycles. The Morgan fingerprint density at radius 3 is 1.58 bits per heavy atom. The lowest BCUT2D eigenvalue weighted by atomic mass is 9.93. The number of halogens is 3. The van der Waals surface area contributed by atoms with Crippen LogP contribution in [-0.4, -0.2) is 37.5 Å². The van der Waals surface area contributed by atoms with Crippen LogP contribution in [0, 0.1) is 0 Å². The Kier molecular flexibility index (Phi) is 7.76. The van der Waals surface area contributed by atoms with Crippen molar-refractivity contribution in [2.45, 2.75) is 17.6 Å². The molecule has 26 heavy (non-hydrogen) atoms. The van der Waals surface area contributed by atoms with Gasteiger partial charge < -0.3 is 10.6 Å². The molecule has 0 aliphatic heterocycles. The highest BCUT2D eigenvalue weighted by Gasteiger charge is 2.44. The lowest BCUT2D eigenvalue weighted by Crippen LogP contribution is -2.31. The van der Waals surface area contributed by atoms with Crippen molar-refractivity contribution in [3.8, 4) is 0 Å². The van der Waals surface area contributed by atoms with Crippen molar-refractivity contribution in [1.29, 1.82) is 0 Å². The molecule has 0 unspecified atom stereocenters. The van der Waals surface area contributed by atoms with Crippen LogP contribution >= 0.6 is 0 Å². The minimum Gasteiger partial charge on any atom is -0.322 e. The zero-order valence-electron chi connectivity index (χ0n) is 14.3. The number of hydrogen-bond acceptors (Lipinski definition) is 4. The van der Waals surface area contributed by atoms with Gasteiger partial charge >= 0.3 is 15.6 Å². The second-order valence-corrected chi connectivity index (χ2v) is 7.09. The topological polar surface area (TPSA) is 83.6 Å². The maximum atomic E-state index is 10.7. The standard InChI is InChI=1S/C16H20N2.CHF3O3S/c1-18(2)16(14-11-7-4-8-12-14)15(17)13-9-5-3-6-10-13;2-1(3,4)8(5,6)7/h3-12,15-16H,17H2,1-2H3;(H,5,6,7)/t15-,16-;/m0./s1. The average Bonchev–Trinajstić information content (AvgIpc) is 2.55. The van der Waals surface area contributed by atoms with Gasteiger partial charge in [-0.3, -0.25) is 4.55 Å². The number of nitrogens with two attached hydrogens (primary N) is 1. The fourth-order valence-corrected chi connectivity index (χ4v) is 2.33. The van der Waals surface area contributed by atoms with Crippen LogP contribution in [0.3, 0.4) is 0 Å². The van der Waals surface area contributed by atoms with E-state index < -0.39 is 15.6 Å². The first-order valence-electron chi connectivity index (χ1n) is 7.50. The van der Waals surface area contributed by atoms with Crippen molar-refractivity contribution in [3.05, 3.63) is 71.8 Å². The van der Waals surface area contributed by atoms with Crippen molar-refractivity contribution in [1.82, 2.24) is 4.90 Å². The van der Waals surface area contributed by atoms with Gasteiger partial charge in [-0.1, -0.05) is 60.7 Å². The van der Waals surface area contributed by atoms with Gasteiger partial charge in [0.15, 0.2) is 0 Å². The Hall–Kier alpha value is -1.94. The van der Waals surface area contributed by atoms with Crippen LogP contribution in [0.25, 0.3) is 0 Å². The Balaban J connectivity index is 0.000000359. The molecule has 0 radical (unpaired) electrons. The van der Waals surface area contributed by atoms with Crippen molar-refractivity contribution in [2.24, 2.45) is 5.73 Å². The third kappa shape index (κ3) is 6.41. The molecule has 144 valence electrons. The molecular formula is C17H21F3N2O3S. The fraction of sp³-hybridized carbons (Fsp3) is 0.294. The van der Waals surface area contributed by atoms with Crippen molar-refractivity contribution < 1.29 is 26.1 Å². The monoisotopic (exact) mass is 390 g/mol. The van der Waals surface area contributed by atoms with Gasteiger partial charge in [0.05, 0.1) is 6.04 Å². The molecule has 5 nitrogen and oxygen atoms in total. The van der Waals surface area contributed by atoms with Crippen LogP contribution in [-0.2, 0) is 10.1 Å². The molecule has 0 aliphatic rings. The number of likely N-dealkylation sites (N-methyl/N-ethyl adjacent to an activating group) is 1. The van der Waals surface area contributed by atoms with Crippen LogP contribution in [0.15, 0.2) is 60.7 Å². The first kappa shape index (κ1) is 22.1. The summed E-state index contributed by atoms with van der Waals surface area (Å²) in [4.78, 5) is 2.17. The SMILES string of the molecule is CN(C)[C@@H](c1ccccc1)[C@@H](N)c1ccccc1.O=S(=O)(O)C(F)(F)F. The summed E-state index contributed by atoms with van der Waals surface area (Å²) < 4.78 is 57.5. The lowest BCUT2D eigenvalue weighted by Gasteiger charge is -2.30. The minimum atomic E-state index is -5.84. The molecule has 0 amide bonds. The predicted octanol–water partition coefficient (Wildman–Crippen LogP) is 3.38. The molecule has 2 atom stereocenters. The lowest BCUT2D eigenvalue weighted by molar-refractivity contribution is -0.0510. The molecule has 2 aromatic carbocycles. The zero-order chi connectivity index (χ0) is 20.0. The Morgan fingerprint density at radius 1 is 0.923 bits per heavy atom. The summed E-state index contributed by atoms with van der Waals surface area (Å²) in [6.45, 7) is 0. The van der Waals surface area contributed by atoms with Crippen LogP contribution < -0.4 is 5.73 Å². The normalized spacial score (nSPS) is 14.3. The van der Waals surface area contributed by atoms with Crippen LogP contribution in [0.5, 0.6) is 0 Å². The first-order chi connectivity index (χ1) is 11.9. The van der Waals surface area contributed by atoms with Gasteiger partial charge in [-0.25, -0.2) is 0 Å². The molecule has 0 fully saturated rings. The van der Waals surface area contributed by atoms with Crippen molar-refractivity contribution in [2.75, 3.05) is 14.1 Å². The molecule has 0 bridgehead atoms. The number of rotatable bonds is 4. The van der Waals surface area contributed by atoms with E-state index in [-0.39, 0.29) is 12.1 Å². The number of alkyl halides is 3. The molecule has 2 rings (SSSR count). The third-order valence-corrected chi connectivity index (χ3v) is 4.10. The molecule has 9 heteroatoms. The Bertz CT molecular complexity index is 767. The Labute approximate surface area is 151 Å². The average molecular weight is 390 g/mol. The summed E-state index contributed by atoms with van der Waals surface area (Å²) in [5.74, 6) is 0. The van der Waals surface area contributed by atoms with E-state index in [4.69, 9.17) is 18.7 Å². The van der Waals surface area contributed by atoms with Gasteiger partial charge in [0.1, 0.15) is 0 Å². The van der Waals surface area contributed by atoms with E-state index in [1.165, 1.54) is 11.1 Å². The third-order valence-electron chi connectivity index (χ3n) is 3.51. The molecule has 0 saturated heterocycles. The highest BCUT2D eigenvalue weighted by atomic mass is 32.2. The van der Waals surface area contributed by atoms with Crippen LogP contribution in [0.1, 0.15) is 23.2 Å². The van der Waals surface area contributed by atoms with Gasteiger partial charge in [-0.2, -0.15) is 21.6 Å². The molecule has 0 aromatic heterocycles. The van der Waals surface area contributed by atoms with E-state index in [1.54, 1.807) is 0 Å². The molecule has 2 aromatic rings. The van der Waals surface area contributed by atoms with Crippen molar-refractivity contribution in [3.63, 3.8) is 0 Å². The molecule has 3 N–H and O–H groups in total. The van der Waals surface area contributed by atoms with Gasteiger partial charge in [0.25, 0.3) is 0 Å². The number of hydrogen-bond donors (Lipinski definition) is 2. The second kappa shape index (κ2) is 9.13. The largest absolute Gasteiger partial charge is 0.522 e. The summed E-state index contributed by atoms with van der Waals surface area (Å²) in [6.07, 6.45) is 0. The highest BCUT2D eigenvalue weighted by molar-refractivity contribution is 7.86. The molecular weight excluding hydrogens is 369 g/mol. The maximum Gasteiger partial charge on any atom is 0.522 e. The van der Waals surface area contributed by atoms with Crippen LogP contribution in [0.4, 0.5) is 13.2 Å². The second-order valence-electron chi connectivity index (χ2n) is 5.68. The predicted molar refractivity (Wildman–Crippen MR) is 93.8 cm³/mol. The van der Waals surface area contributed by atoms with E-state index in [9.17, 15) is 13.2 Å². The van der Waals surface area contributed by atoms with Gasteiger partial charge in [0, 0.05) is 6.04 Å². The van der Waals surface area contributed by atoms with E-state index in [0.29, 0.717) is 0 Å². The fourth-order valence-electron chi connectivity index (χ4n) is 2.33. The van der Waals surface area contributed by atoms with Gasteiger partial charge in [0.2, 0.25) is 0 Å². The maximum absolute atomic E-state index is 10.7. The number of nitrogens with zero attached hydrogens (tertiary/aromatic N) is 1. The quantitative estimate of drug-likeness (QED) is 0.618. The smallest absolute Gasteiger partial charge is 0.322 e. The molecule has 0 heterocycles. The summed E-state index contributed by atoms with van der Waals surface area (Å²) >= 11 is 0. The summed E-state index contributed by atoms with van der Waals surface area (Å²) in [5, 5.41) is 0. The summed E-state index contributed by atoms with van der Waals surface area (Å²) in [6, 6.07) is 20.8. The molecule has 0 spiro atoms. The van der Waals surface area contributed by atoms with E-state index in [1.807, 2.05) is 24.3 Å². The minimum absolute atomic E-state index is 0.0244. The van der Waals surface area contributed by atoms with E-state index >= 15 is 0 Å². The first-order valence-corrected chi connectivity index (χ1v) is 8.95. The zero-order valence-corrected chi connectivity index (χ0v) is 15.1. The van der Waals surface area contributed by atoms with Crippen molar-refractivity contribution >= 4 is 10.1 Å². The summed E-state index contributed by atoms with van der Waals surface area (Å²) in [7, 11) is -1.70. The van der Waals surface area contributed by atoms with Gasteiger partial charge in [-0.05, 0) is 25.2 Å². The van der Waals surface area contributed by atoms with Crippen LogP contribution in [0.2, 0.25) is 0 Å². The molecule has 0 saturated carbocycles. The number of benzene rings is 2. The van der Waals surface area contributed by atoms with E-state index in [0.717, 1.165) is 0 Å².